The Morgan fingerprint density at radius 3 is 2.08 bits per heavy atom. The van der Waals surface area contributed by atoms with Gasteiger partial charge in [-0.25, -0.2) is 0 Å². The van der Waals surface area contributed by atoms with Crippen LogP contribution in [0.25, 0.3) is 0 Å². The third kappa shape index (κ3) is 10.6. The summed E-state index contributed by atoms with van der Waals surface area (Å²) in [6.45, 7) is 9.83. The molecule has 0 N–H and O–H groups in total. The predicted molar refractivity (Wildman–Crippen MR) is 118 cm³/mol. The molecule has 0 aromatic heterocycles. The highest BCUT2D eigenvalue weighted by atomic mass is 32.1. The summed E-state index contributed by atoms with van der Waals surface area (Å²) in [5.74, 6) is 0. The van der Waals surface area contributed by atoms with E-state index in [0.29, 0.717) is 0 Å². The minimum Gasteiger partial charge on any atom is -0.362 e. The molecule has 0 bridgehead atoms. The van der Waals surface area contributed by atoms with E-state index in [1.165, 1.54) is 50.5 Å². The number of rotatable bonds is 16. The zero-order valence-electron chi connectivity index (χ0n) is 17.3. The van der Waals surface area contributed by atoms with Crippen LogP contribution < -0.4 is 0 Å². The molecule has 3 heteroatoms. The van der Waals surface area contributed by atoms with Crippen molar-refractivity contribution in [3.8, 4) is 0 Å². The molecule has 2 unspecified atom stereocenters. The van der Waals surface area contributed by atoms with E-state index in [-0.39, 0.29) is 11.4 Å². The molecule has 0 aliphatic rings. The van der Waals surface area contributed by atoms with Crippen molar-refractivity contribution in [2.24, 2.45) is 0 Å². The van der Waals surface area contributed by atoms with Gasteiger partial charge in [-0.3, -0.25) is 4.90 Å². The average molecular weight is 380 g/mol. The number of benzene rings is 1. The SMILES string of the molecule is CCCCCC(OCN(CCCC)CCCC)C(S)Cc1ccccc1. The summed E-state index contributed by atoms with van der Waals surface area (Å²) in [5.41, 5.74) is 1.35. The van der Waals surface area contributed by atoms with Crippen LogP contribution >= 0.6 is 12.6 Å². The van der Waals surface area contributed by atoms with E-state index in [1.807, 2.05) is 0 Å². The van der Waals surface area contributed by atoms with Crippen molar-refractivity contribution in [1.29, 1.82) is 0 Å². The molecule has 0 radical (unpaired) electrons. The van der Waals surface area contributed by atoms with Gasteiger partial charge in [-0.05, 0) is 31.2 Å². The second-order valence-electron chi connectivity index (χ2n) is 7.41. The van der Waals surface area contributed by atoms with Gasteiger partial charge in [0, 0.05) is 18.3 Å². The zero-order chi connectivity index (χ0) is 19.0. The molecule has 0 saturated carbocycles. The van der Waals surface area contributed by atoms with Gasteiger partial charge in [0.1, 0.15) is 0 Å². The van der Waals surface area contributed by atoms with Crippen LogP contribution in [0.2, 0.25) is 0 Å². The van der Waals surface area contributed by atoms with Crippen LogP contribution in [0.4, 0.5) is 0 Å². The lowest BCUT2D eigenvalue weighted by Gasteiger charge is -2.28. The monoisotopic (exact) mass is 379 g/mol. The molecule has 1 aromatic carbocycles. The third-order valence-corrected chi connectivity index (χ3v) is 5.45. The van der Waals surface area contributed by atoms with Crippen molar-refractivity contribution in [2.75, 3.05) is 19.8 Å². The number of nitrogens with zero attached hydrogens (tertiary/aromatic N) is 1. The highest BCUT2D eigenvalue weighted by Gasteiger charge is 2.20. The maximum atomic E-state index is 6.43. The van der Waals surface area contributed by atoms with Crippen molar-refractivity contribution in [2.45, 2.75) is 89.9 Å². The van der Waals surface area contributed by atoms with Crippen molar-refractivity contribution in [3.05, 3.63) is 35.9 Å². The molecule has 1 aromatic rings. The fourth-order valence-corrected chi connectivity index (χ4v) is 3.62. The van der Waals surface area contributed by atoms with Crippen molar-refractivity contribution < 1.29 is 4.74 Å². The van der Waals surface area contributed by atoms with Gasteiger partial charge in [0.15, 0.2) is 0 Å². The molecule has 2 nitrogen and oxygen atoms in total. The van der Waals surface area contributed by atoms with Gasteiger partial charge in [-0.1, -0.05) is 83.2 Å². The Labute approximate surface area is 168 Å². The van der Waals surface area contributed by atoms with Crippen LogP contribution in [0.1, 0.15) is 77.7 Å². The van der Waals surface area contributed by atoms with Crippen molar-refractivity contribution in [3.63, 3.8) is 0 Å². The Bertz CT molecular complexity index is 417. The molecule has 1 rings (SSSR count). The number of thiol groups is 1. The van der Waals surface area contributed by atoms with E-state index >= 15 is 0 Å². The first-order valence-electron chi connectivity index (χ1n) is 10.8. The van der Waals surface area contributed by atoms with E-state index in [2.05, 4.69) is 56.0 Å². The summed E-state index contributed by atoms with van der Waals surface area (Å²) >= 11 is 4.94. The van der Waals surface area contributed by atoms with Crippen molar-refractivity contribution in [1.82, 2.24) is 4.90 Å². The largest absolute Gasteiger partial charge is 0.362 e. The molecule has 2 atom stereocenters. The summed E-state index contributed by atoms with van der Waals surface area (Å²) < 4.78 is 6.43. The Hall–Kier alpha value is -0.510. The van der Waals surface area contributed by atoms with Crippen molar-refractivity contribution >= 4 is 12.6 Å². The normalized spacial score (nSPS) is 13.9. The summed E-state index contributed by atoms with van der Waals surface area (Å²) in [5, 5.41) is 0.258. The van der Waals surface area contributed by atoms with Crippen LogP contribution in [0, 0.1) is 0 Å². The first kappa shape index (κ1) is 23.5. The van der Waals surface area contributed by atoms with E-state index in [9.17, 15) is 0 Å². The van der Waals surface area contributed by atoms with E-state index < -0.39 is 0 Å². The number of unbranched alkanes of at least 4 members (excludes halogenated alkanes) is 4. The minimum absolute atomic E-state index is 0.232. The van der Waals surface area contributed by atoms with Crippen LogP contribution in [0.5, 0.6) is 0 Å². The lowest BCUT2D eigenvalue weighted by molar-refractivity contribution is -0.0281. The van der Waals surface area contributed by atoms with Crippen LogP contribution in [-0.4, -0.2) is 36.1 Å². The second kappa shape index (κ2) is 15.5. The number of hydrogen-bond acceptors (Lipinski definition) is 3. The van der Waals surface area contributed by atoms with Crippen LogP contribution in [0.15, 0.2) is 30.3 Å². The number of ether oxygens (including phenoxy) is 1. The Balaban J connectivity index is 2.58. The maximum absolute atomic E-state index is 6.43. The highest BCUT2D eigenvalue weighted by Crippen LogP contribution is 2.19. The van der Waals surface area contributed by atoms with Gasteiger partial charge in [-0.2, -0.15) is 12.6 Å². The molecule has 0 saturated heterocycles. The number of hydrogen-bond donors (Lipinski definition) is 1. The first-order valence-corrected chi connectivity index (χ1v) is 11.3. The van der Waals surface area contributed by atoms with Gasteiger partial charge >= 0.3 is 0 Å². The molecule has 0 amide bonds. The second-order valence-corrected chi connectivity index (χ2v) is 8.08. The summed E-state index contributed by atoms with van der Waals surface area (Å²) in [6.07, 6.45) is 11.1. The summed E-state index contributed by atoms with van der Waals surface area (Å²) in [7, 11) is 0. The fourth-order valence-electron chi connectivity index (χ4n) is 3.17. The van der Waals surface area contributed by atoms with Gasteiger partial charge < -0.3 is 4.74 Å². The quantitative estimate of drug-likeness (QED) is 0.204. The highest BCUT2D eigenvalue weighted by molar-refractivity contribution is 7.81. The first-order chi connectivity index (χ1) is 12.7. The Kier molecular flexibility index (Phi) is 14.1. The summed E-state index contributed by atoms with van der Waals surface area (Å²) in [4.78, 5) is 2.49. The predicted octanol–water partition coefficient (Wildman–Crippen LogP) is 6.35. The van der Waals surface area contributed by atoms with E-state index in [0.717, 1.165) is 32.7 Å². The van der Waals surface area contributed by atoms with Gasteiger partial charge in [0.25, 0.3) is 0 Å². The zero-order valence-corrected chi connectivity index (χ0v) is 18.2. The minimum atomic E-state index is 0.232. The van der Waals surface area contributed by atoms with Gasteiger partial charge in [0.2, 0.25) is 0 Å². The van der Waals surface area contributed by atoms with Crippen LogP contribution in [0.3, 0.4) is 0 Å². The van der Waals surface area contributed by atoms with Crippen LogP contribution in [-0.2, 0) is 11.2 Å². The van der Waals surface area contributed by atoms with E-state index in [1.54, 1.807) is 0 Å². The van der Waals surface area contributed by atoms with E-state index in [4.69, 9.17) is 17.4 Å². The molecule has 0 aliphatic carbocycles. The lowest BCUT2D eigenvalue weighted by Crippen LogP contribution is -2.35. The molecular formula is C23H41NOS. The Morgan fingerprint density at radius 2 is 1.50 bits per heavy atom. The van der Waals surface area contributed by atoms with Gasteiger partial charge in [0.05, 0.1) is 12.8 Å². The molecule has 0 aliphatic heterocycles. The maximum Gasteiger partial charge on any atom is 0.0994 e. The third-order valence-electron chi connectivity index (χ3n) is 4.94. The molecule has 150 valence electrons. The lowest BCUT2D eigenvalue weighted by atomic mass is 10.0. The fraction of sp³-hybridized carbons (Fsp3) is 0.739. The smallest absolute Gasteiger partial charge is 0.0994 e. The molecular weight excluding hydrogens is 338 g/mol. The summed E-state index contributed by atoms with van der Waals surface area (Å²) in [6, 6.07) is 10.7. The molecule has 26 heavy (non-hydrogen) atoms. The Morgan fingerprint density at radius 1 is 0.885 bits per heavy atom. The van der Waals surface area contributed by atoms with Gasteiger partial charge in [-0.15, -0.1) is 0 Å². The molecule has 0 spiro atoms. The molecule has 0 fully saturated rings. The standard InChI is InChI=1S/C23H41NOS/c1-4-7-11-16-22(23(26)19-21-14-12-10-13-15-21)25-20-24(17-8-5-2)18-9-6-3/h10,12-15,22-23,26H,4-9,11,16-20H2,1-3H3. The molecule has 0 heterocycles. The topological polar surface area (TPSA) is 12.5 Å². The average Bonchev–Trinajstić information content (AvgIpc) is 2.66.